The molecule has 0 amide bonds. The van der Waals surface area contributed by atoms with Gasteiger partial charge in [0, 0.05) is 17.0 Å². The Morgan fingerprint density at radius 1 is 0.960 bits per heavy atom. The minimum atomic E-state index is -0.419. The van der Waals surface area contributed by atoms with Crippen molar-refractivity contribution in [3.05, 3.63) is 77.5 Å². The summed E-state index contributed by atoms with van der Waals surface area (Å²) in [4.78, 5) is 4.61. The number of hydrogen-bond acceptors (Lipinski definition) is 3. The zero-order valence-electron chi connectivity index (χ0n) is 15.2. The molecule has 3 aromatic rings. The van der Waals surface area contributed by atoms with E-state index in [-0.39, 0.29) is 11.5 Å². The van der Waals surface area contributed by atoms with Crippen molar-refractivity contribution < 1.29 is 5.21 Å². The van der Waals surface area contributed by atoms with E-state index in [1.807, 2.05) is 30.5 Å². The normalized spacial score (nSPS) is 21.9. The van der Waals surface area contributed by atoms with E-state index >= 15 is 0 Å². The van der Waals surface area contributed by atoms with Crippen LogP contribution in [0.4, 0.5) is 0 Å². The third-order valence-electron chi connectivity index (χ3n) is 6.20. The molecule has 1 aliphatic heterocycles. The van der Waals surface area contributed by atoms with Crippen LogP contribution in [0.25, 0.3) is 10.9 Å². The average Bonchev–Trinajstić information content (AvgIpc) is 2.61. The van der Waals surface area contributed by atoms with E-state index in [9.17, 15) is 5.21 Å². The maximum absolute atomic E-state index is 11.2. The molecule has 0 aliphatic carbocycles. The van der Waals surface area contributed by atoms with Crippen LogP contribution in [0.3, 0.4) is 0 Å². The summed E-state index contributed by atoms with van der Waals surface area (Å²) in [5.41, 5.74) is 3.81. The second-order valence-corrected chi connectivity index (χ2v) is 7.98. The van der Waals surface area contributed by atoms with Crippen LogP contribution in [0.15, 0.2) is 60.8 Å². The Morgan fingerprint density at radius 2 is 1.64 bits per heavy atom. The molecule has 3 nitrogen and oxygen atoms in total. The highest BCUT2D eigenvalue weighted by molar-refractivity contribution is 5.79. The van der Waals surface area contributed by atoms with Crippen LogP contribution in [0, 0.1) is 0 Å². The minimum absolute atomic E-state index is 0.181. The van der Waals surface area contributed by atoms with Crippen molar-refractivity contribution >= 4 is 10.9 Å². The van der Waals surface area contributed by atoms with Crippen molar-refractivity contribution in [1.82, 2.24) is 10.0 Å². The van der Waals surface area contributed by atoms with Crippen LogP contribution >= 0.6 is 0 Å². The monoisotopic (exact) mass is 332 g/mol. The highest BCUT2D eigenvalue weighted by Gasteiger charge is 2.51. The number of hydroxylamine groups is 2. The molecule has 1 aliphatic rings. The highest BCUT2D eigenvalue weighted by atomic mass is 16.5. The van der Waals surface area contributed by atoms with Crippen molar-refractivity contribution in [2.24, 2.45) is 0 Å². The summed E-state index contributed by atoms with van der Waals surface area (Å²) < 4.78 is 0. The Kier molecular flexibility index (Phi) is 3.50. The molecule has 4 rings (SSSR count). The molecule has 0 spiro atoms. The van der Waals surface area contributed by atoms with Crippen molar-refractivity contribution in [1.29, 1.82) is 0 Å². The van der Waals surface area contributed by atoms with Gasteiger partial charge >= 0.3 is 0 Å². The minimum Gasteiger partial charge on any atom is -0.313 e. The van der Waals surface area contributed by atoms with Crippen LogP contribution in [0.1, 0.15) is 50.4 Å². The lowest BCUT2D eigenvalue weighted by atomic mass is 9.63. The standard InChI is InChI=1S/C22H24N2O/c1-21(2)18-11-7-6-10-17(18)20(24(25)22(21,3)4)16-13-15-9-5-8-12-19(15)23-14-16/h5-14,20,25H,1-4H3. The molecule has 128 valence electrons. The summed E-state index contributed by atoms with van der Waals surface area (Å²) in [5, 5.41) is 13.8. The van der Waals surface area contributed by atoms with E-state index in [1.54, 1.807) is 0 Å². The maximum Gasteiger partial charge on any atom is 0.0874 e. The van der Waals surface area contributed by atoms with Crippen LogP contribution < -0.4 is 0 Å². The van der Waals surface area contributed by atoms with Crippen LogP contribution in [-0.2, 0) is 5.41 Å². The van der Waals surface area contributed by atoms with Gasteiger partial charge in [-0.3, -0.25) is 4.98 Å². The van der Waals surface area contributed by atoms with E-state index in [4.69, 9.17) is 0 Å². The summed E-state index contributed by atoms with van der Waals surface area (Å²) in [6, 6.07) is 18.4. The Morgan fingerprint density at radius 3 is 2.44 bits per heavy atom. The summed E-state index contributed by atoms with van der Waals surface area (Å²) >= 11 is 0. The van der Waals surface area contributed by atoms with E-state index in [0.29, 0.717) is 0 Å². The molecule has 1 unspecified atom stereocenters. The number of benzene rings is 2. The summed E-state index contributed by atoms with van der Waals surface area (Å²) in [7, 11) is 0. The maximum atomic E-state index is 11.2. The second-order valence-electron chi connectivity index (χ2n) is 7.98. The van der Waals surface area contributed by atoms with Gasteiger partial charge in [-0.25, -0.2) is 0 Å². The third-order valence-corrected chi connectivity index (χ3v) is 6.20. The fourth-order valence-corrected chi connectivity index (χ4v) is 3.93. The molecule has 0 bridgehead atoms. The summed E-state index contributed by atoms with van der Waals surface area (Å²) in [6.45, 7) is 8.60. The molecule has 0 fully saturated rings. The molecule has 0 saturated carbocycles. The fraction of sp³-hybridized carbons (Fsp3) is 0.318. The van der Waals surface area contributed by atoms with Gasteiger partial charge in [0.25, 0.3) is 0 Å². The quantitative estimate of drug-likeness (QED) is 0.674. The first-order valence-corrected chi connectivity index (χ1v) is 8.76. The van der Waals surface area contributed by atoms with E-state index in [1.165, 1.54) is 10.6 Å². The number of para-hydroxylation sites is 1. The first-order chi connectivity index (χ1) is 11.8. The van der Waals surface area contributed by atoms with Gasteiger partial charge in [-0.2, -0.15) is 5.06 Å². The predicted octanol–water partition coefficient (Wildman–Crippen LogP) is 5.09. The SMILES string of the molecule is CC1(C)c2ccccc2C(c2cnc3ccccc3c2)N(O)C1(C)C. The van der Waals surface area contributed by atoms with Crippen LogP contribution in [0.5, 0.6) is 0 Å². The number of aromatic nitrogens is 1. The molecule has 1 atom stereocenters. The average molecular weight is 332 g/mol. The van der Waals surface area contributed by atoms with Crippen LogP contribution in [-0.4, -0.2) is 20.8 Å². The molecule has 0 radical (unpaired) electrons. The molecule has 25 heavy (non-hydrogen) atoms. The Bertz CT molecular complexity index is 945. The van der Waals surface area contributed by atoms with Gasteiger partial charge in [0.2, 0.25) is 0 Å². The molecule has 3 heteroatoms. The summed E-state index contributed by atoms with van der Waals surface area (Å²) in [6.07, 6.45) is 1.89. The lowest BCUT2D eigenvalue weighted by molar-refractivity contribution is -0.213. The van der Waals surface area contributed by atoms with Crippen molar-refractivity contribution in [3.63, 3.8) is 0 Å². The second kappa shape index (κ2) is 5.38. The van der Waals surface area contributed by atoms with Gasteiger partial charge in [-0.15, -0.1) is 0 Å². The highest BCUT2D eigenvalue weighted by Crippen LogP contribution is 2.50. The lowest BCUT2D eigenvalue weighted by Crippen LogP contribution is -2.59. The Balaban J connectivity index is 1.96. The van der Waals surface area contributed by atoms with E-state index < -0.39 is 5.54 Å². The number of pyridine rings is 1. The van der Waals surface area contributed by atoms with Gasteiger partial charge < -0.3 is 5.21 Å². The van der Waals surface area contributed by atoms with Gasteiger partial charge in [-0.1, -0.05) is 56.3 Å². The van der Waals surface area contributed by atoms with Crippen LogP contribution in [0.2, 0.25) is 0 Å². The lowest BCUT2D eigenvalue weighted by Gasteiger charge is -2.54. The molecule has 1 aromatic heterocycles. The fourth-order valence-electron chi connectivity index (χ4n) is 3.93. The number of fused-ring (bicyclic) bond motifs is 2. The molecule has 0 saturated heterocycles. The van der Waals surface area contributed by atoms with Gasteiger partial charge in [0.15, 0.2) is 0 Å². The third kappa shape index (κ3) is 2.23. The number of hydrogen-bond donors (Lipinski definition) is 1. The molecular weight excluding hydrogens is 308 g/mol. The van der Waals surface area contributed by atoms with Crippen molar-refractivity contribution in [3.8, 4) is 0 Å². The Hall–Kier alpha value is -2.23. The predicted molar refractivity (Wildman–Crippen MR) is 101 cm³/mol. The van der Waals surface area contributed by atoms with Gasteiger partial charge in [-0.05, 0) is 42.7 Å². The largest absolute Gasteiger partial charge is 0.313 e. The van der Waals surface area contributed by atoms with Crippen molar-refractivity contribution in [2.45, 2.75) is 44.7 Å². The first kappa shape index (κ1) is 16.2. The topological polar surface area (TPSA) is 36.4 Å². The number of rotatable bonds is 1. The first-order valence-electron chi connectivity index (χ1n) is 8.76. The zero-order valence-corrected chi connectivity index (χ0v) is 15.2. The van der Waals surface area contributed by atoms with Gasteiger partial charge in [0.05, 0.1) is 17.1 Å². The van der Waals surface area contributed by atoms with E-state index in [0.717, 1.165) is 22.0 Å². The molecule has 1 N–H and O–H groups in total. The molecule has 2 heterocycles. The Labute approximate surface area is 148 Å². The van der Waals surface area contributed by atoms with Crippen molar-refractivity contribution in [2.75, 3.05) is 0 Å². The van der Waals surface area contributed by atoms with Gasteiger partial charge in [0.1, 0.15) is 0 Å². The summed E-state index contributed by atoms with van der Waals surface area (Å²) in [5.74, 6) is 0. The smallest absolute Gasteiger partial charge is 0.0874 e. The van der Waals surface area contributed by atoms with E-state index in [2.05, 4.69) is 63.0 Å². The molecular formula is C22H24N2O. The zero-order chi connectivity index (χ0) is 17.8. The molecule has 2 aromatic carbocycles. The number of nitrogens with zero attached hydrogens (tertiary/aromatic N) is 2.